The molecule has 31 heavy (non-hydrogen) atoms. The van der Waals surface area contributed by atoms with Crippen molar-refractivity contribution in [2.45, 2.75) is 6.92 Å². The molecule has 0 aliphatic heterocycles. The van der Waals surface area contributed by atoms with Crippen molar-refractivity contribution in [2.75, 3.05) is 0 Å². The van der Waals surface area contributed by atoms with E-state index in [1.54, 1.807) is 24.3 Å². The van der Waals surface area contributed by atoms with Crippen LogP contribution in [0.25, 0.3) is 23.1 Å². The van der Waals surface area contributed by atoms with Gasteiger partial charge >= 0.3 is 0 Å². The number of rotatable bonds is 6. The van der Waals surface area contributed by atoms with E-state index in [4.69, 9.17) is 4.74 Å². The maximum atomic E-state index is 13.0. The Labute approximate surface area is 179 Å². The fourth-order valence-corrected chi connectivity index (χ4v) is 3.09. The van der Waals surface area contributed by atoms with E-state index < -0.39 is 0 Å². The lowest BCUT2D eigenvalue weighted by atomic mass is 10.1. The molecule has 152 valence electrons. The van der Waals surface area contributed by atoms with Gasteiger partial charge in [0.1, 0.15) is 17.9 Å². The Morgan fingerprint density at radius 1 is 0.903 bits per heavy atom. The largest absolute Gasteiger partial charge is 0.438 e. The minimum Gasteiger partial charge on any atom is -0.438 e. The number of benzene rings is 3. The Kier molecular flexibility index (Phi) is 5.94. The van der Waals surface area contributed by atoms with Crippen molar-refractivity contribution in [1.29, 1.82) is 0 Å². The van der Waals surface area contributed by atoms with E-state index in [9.17, 15) is 9.18 Å². The molecule has 0 atom stereocenters. The number of nitrogens with zero attached hydrogens (tertiary/aromatic N) is 2. The van der Waals surface area contributed by atoms with Gasteiger partial charge in [0.05, 0.1) is 10.9 Å². The SMILES string of the molecule is Cc1cccc2c(Oc3ccccc3C=CC(=O)C=Cc3ccc(F)cc3)ncnc12. The predicted molar refractivity (Wildman–Crippen MR) is 120 cm³/mol. The summed E-state index contributed by atoms with van der Waals surface area (Å²) in [6.07, 6.45) is 7.72. The monoisotopic (exact) mass is 410 g/mol. The van der Waals surface area contributed by atoms with Gasteiger partial charge in [-0.2, -0.15) is 0 Å². The summed E-state index contributed by atoms with van der Waals surface area (Å²) in [5.41, 5.74) is 3.36. The first-order valence-electron chi connectivity index (χ1n) is 9.73. The van der Waals surface area contributed by atoms with Gasteiger partial charge in [-0.05, 0) is 60.5 Å². The van der Waals surface area contributed by atoms with Crippen molar-refractivity contribution in [1.82, 2.24) is 9.97 Å². The van der Waals surface area contributed by atoms with Gasteiger partial charge in [-0.3, -0.25) is 4.79 Å². The quantitative estimate of drug-likeness (QED) is 0.357. The van der Waals surface area contributed by atoms with Crippen LogP contribution >= 0.6 is 0 Å². The Bertz CT molecular complexity index is 1290. The standard InChI is InChI=1S/C26H19FN2O2/c1-18-5-4-7-23-25(18)28-17-29-26(23)31-24-8-3-2-6-20(24)12-16-22(30)15-11-19-9-13-21(27)14-10-19/h2-17H,1H3. The number of aromatic nitrogens is 2. The molecule has 0 saturated carbocycles. The van der Waals surface area contributed by atoms with Crippen LogP contribution in [0.3, 0.4) is 0 Å². The van der Waals surface area contributed by atoms with Crippen molar-refractivity contribution in [3.05, 3.63) is 108 Å². The number of ketones is 1. The summed E-state index contributed by atoms with van der Waals surface area (Å²) in [7, 11) is 0. The fourth-order valence-electron chi connectivity index (χ4n) is 3.09. The number of carbonyl (C=O) groups is 1. The maximum Gasteiger partial charge on any atom is 0.230 e. The van der Waals surface area contributed by atoms with E-state index in [0.717, 1.165) is 27.6 Å². The molecule has 1 heterocycles. The number of aryl methyl sites for hydroxylation is 1. The molecule has 0 amide bonds. The zero-order chi connectivity index (χ0) is 21.6. The first kappa shape index (κ1) is 20.2. The molecule has 0 fully saturated rings. The van der Waals surface area contributed by atoms with Gasteiger partial charge in [-0.1, -0.05) is 48.5 Å². The minimum atomic E-state index is -0.313. The van der Waals surface area contributed by atoms with E-state index in [2.05, 4.69) is 9.97 Å². The second-order valence-electron chi connectivity index (χ2n) is 6.91. The lowest BCUT2D eigenvalue weighted by molar-refractivity contribution is -0.110. The first-order valence-corrected chi connectivity index (χ1v) is 9.73. The predicted octanol–water partition coefficient (Wildman–Crippen LogP) is 6.17. The van der Waals surface area contributed by atoms with Gasteiger partial charge in [0.25, 0.3) is 0 Å². The van der Waals surface area contributed by atoms with Crippen molar-refractivity contribution in [3.8, 4) is 11.6 Å². The highest BCUT2D eigenvalue weighted by atomic mass is 19.1. The number of allylic oxidation sites excluding steroid dienone is 2. The van der Waals surface area contributed by atoms with Crippen LogP contribution in [0.1, 0.15) is 16.7 Å². The highest BCUT2D eigenvalue weighted by Crippen LogP contribution is 2.30. The van der Waals surface area contributed by atoms with Gasteiger partial charge in [0.2, 0.25) is 5.88 Å². The summed E-state index contributed by atoms with van der Waals surface area (Å²) in [5, 5.41) is 0.819. The number of para-hydroxylation sites is 2. The molecule has 4 aromatic rings. The van der Waals surface area contributed by atoms with E-state index in [-0.39, 0.29) is 11.6 Å². The van der Waals surface area contributed by atoms with Crippen LogP contribution in [0.15, 0.2) is 85.2 Å². The van der Waals surface area contributed by atoms with Crippen LogP contribution in [0.5, 0.6) is 11.6 Å². The molecule has 4 nitrogen and oxygen atoms in total. The average Bonchev–Trinajstić information content (AvgIpc) is 2.79. The number of hydrogen-bond acceptors (Lipinski definition) is 4. The van der Waals surface area contributed by atoms with Crippen molar-refractivity contribution >= 4 is 28.8 Å². The minimum absolute atomic E-state index is 0.192. The van der Waals surface area contributed by atoms with Crippen molar-refractivity contribution < 1.29 is 13.9 Å². The lowest BCUT2D eigenvalue weighted by Crippen LogP contribution is -1.94. The molecule has 0 aliphatic carbocycles. The van der Waals surface area contributed by atoms with Crippen LogP contribution in [0.2, 0.25) is 0 Å². The number of carbonyl (C=O) groups excluding carboxylic acids is 1. The van der Waals surface area contributed by atoms with Gasteiger partial charge in [-0.25, -0.2) is 14.4 Å². The Morgan fingerprint density at radius 3 is 2.52 bits per heavy atom. The molecule has 0 bridgehead atoms. The third kappa shape index (κ3) is 4.90. The van der Waals surface area contributed by atoms with Gasteiger partial charge in [0.15, 0.2) is 5.78 Å². The zero-order valence-electron chi connectivity index (χ0n) is 16.8. The highest BCUT2D eigenvalue weighted by molar-refractivity contribution is 6.04. The van der Waals surface area contributed by atoms with Crippen LogP contribution in [-0.4, -0.2) is 15.8 Å². The van der Waals surface area contributed by atoms with E-state index in [0.29, 0.717) is 11.6 Å². The van der Waals surface area contributed by atoms with Crippen LogP contribution in [0.4, 0.5) is 4.39 Å². The molecule has 1 aromatic heterocycles. The van der Waals surface area contributed by atoms with Crippen LogP contribution < -0.4 is 4.74 Å². The number of hydrogen-bond donors (Lipinski definition) is 0. The van der Waals surface area contributed by atoms with Gasteiger partial charge in [0, 0.05) is 5.56 Å². The topological polar surface area (TPSA) is 52.1 Å². The third-order valence-corrected chi connectivity index (χ3v) is 4.69. The molecule has 0 radical (unpaired) electrons. The Hall–Kier alpha value is -4.12. The molecular weight excluding hydrogens is 391 g/mol. The molecule has 0 saturated heterocycles. The second kappa shape index (κ2) is 9.13. The molecular formula is C26H19FN2O2. The third-order valence-electron chi connectivity index (χ3n) is 4.69. The molecule has 0 N–H and O–H groups in total. The first-order chi connectivity index (χ1) is 15.1. The summed E-state index contributed by atoms with van der Waals surface area (Å²) in [6.45, 7) is 1.99. The molecule has 0 aliphatic rings. The average molecular weight is 410 g/mol. The summed E-state index contributed by atoms with van der Waals surface area (Å²) in [4.78, 5) is 20.9. The summed E-state index contributed by atoms with van der Waals surface area (Å²) >= 11 is 0. The summed E-state index contributed by atoms with van der Waals surface area (Å²) in [5.74, 6) is 0.529. The number of fused-ring (bicyclic) bond motifs is 1. The van der Waals surface area contributed by atoms with Crippen LogP contribution in [-0.2, 0) is 4.79 Å². The summed E-state index contributed by atoms with van der Waals surface area (Å²) < 4.78 is 19.1. The molecule has 5 heteroatoms. The summed E-state index contributed by atoms with van der Waals surface area (Å²) in [6, 6.07) is 19.2. The second-order valence-corrected chi connectivity index (χ2v) is 6.91. The van der Waals surface area contributed by atoms with Crippen molar-refractivity contribution in [2.24, 2.45) is 0 Å². The Morgan fingerprint density at radius 2 is 1.68 bits per heavy atom. The lowest BCUT2D eigenvalue weighted by Gasteiger charge is -2.10. The highest BCUT2D eigenvalue weighted by Gasteiger charge is 2.09. The van der Waals surface area contributed by atoms with E-state index in [1.807, 2.05) is 49.4 Å². The fraction of sp³-hybridized carbons (Fsp3) is 0.0385. The smallest absolute Gasteiger partial charge is 0.230 e. The van der Waals surface area contributed by atoms with Gasteiger partial charge < -0.3 is 4.74 Å². The van der Waals surface area contributed by atoms with Gasteiger partial charge in [-0.15, -0.1) is 0 Å². The van der Waals surface area contributed by atoms with Crippen molar-refractivity contribution in [3.63, 3.8) is 0 Å². The van der Waals surface area contributed by atoms with E-state index in [1.165, 1.54) is 30.6 Å². The molecule has 4 rings (SSSR count). The Balaban J connectivity index is 1.55. The zero-order valence-corrected chi connectivity index (χ0v) is 16.8. The molecule has 3 aromatic carbocycles. The van der Waals surface area contributed by atoms with E-state index >= 15 is 0 Å². The number of ether oxygens (including phenoxy) is 1. The van der Waals surface area contributed by atoms with Crippen LogP contribution in [0, 0.1) is 12.7 Å². The molecule has 0 spiro atoms. The number of halogens is 1. The molecule has 0 unspecified atom stereocenters. The maximum absolute atomic E-state index is 13.0. The normalized spacial score (nSPS) is 11.4.